The van der Waals surface area contributed by atoms with Crippen LogP contribution in [0.15, 0.2) is 60.2 Å². The Balaban J connectivity index is 1.60. The highest BCUT2D eigenvalue weighted by Gasteiger charge is 2.20. The summed E-state index contributed by atoms with van der Waals surface area (Å²) in [5.41, 5.74) is 2.05. The Morgan fingerprint density at radius 3 is 2.52 bits per heavy atom. The van der Waals surface area contributed by atoms with E-state index in [0.29, 0.717) is 23.8 Å². The van der Waals surface area contributed by atoms with Crippen LogP contribution in [0.2, 0.25) is 0 Å². The molecule has 3 rings (SSSR count). The summed E-state index contributed by atoms with van der Waals surface area (Å²) in [6, 6.07) is 12.8. The number of para-hydroxylation sites is 1. The third kappa shape index (κ3) is 5.86. The first-order valence-electron chi connectivity index (χ1n) is 9.27. The van der Waals surface area contributed by atoms with Gasteiger partial charge in [-0.15, -0.1) is 11.3 Å². The average molecular weight is 410 g/mol. The minimum Gasteiger partial charge on any atom is -0.347 e. The zero-order chi connectivity index (χ0) is 20.6. The molecule has 0 fully saturated rings. The SMILES string of the molecule is CC(C)N(Cc1nc(C(=O)NCc2ccncc2)cs1)C(=O)Nc1ccccc1. The third-order valence-corrected chi connectivity index (χ3v) is 5.04. The number of amides is 3. The standard InChI is InChI=1S/C21H23N5O2S/c1-15(2)26(21(28)24-17-6-4-3-5-7-17)13-19-25-18(14-29-19)20(27)23-12-16-8-10-22-11-9-16/h3-11,14-15H,12-13H2,1-2H3,(H,23,27)(H,24,28). The van der Waals surface area contributed by atoms with Crippen molar-refractivity contribution in [2.45, 2.75) is 33.0 Å². The average Bonchev–Trinajstić information content (AvgIpc) is 3.20. The van der Waals surface area contributed by atoms with Gasteiger partial charge < -0.3 is 15.5 Å². The third-order valence-electron chi connectivity index (χ3n) is 4.20. The molecule has 0 spiro atoms. The lowest BCUT2D eigenvalue weighted by molar-refractivity contribution is 0.0946. The lowest BCUT2D eigenvalue weighted by Gasteiger charge is -2.26. The number of anilines is 1. The molecule has 0 unspecified atom stereocenters. The monoisotopic (exact) mass is 409 g/mol. The quantitative estimate of drug-likeness (QED) is 0.619. The number of pyridine rings is 1. The van der Waals surface area contributed by atoms with E-state index in [0.717, 1.165) is 11.3 Å². The van der Waals surface area contributed by atoms with Crippen molar-refractivity contribution in [1.29, 1.82) is 0 Å². The number of thiazole rings is 1. The zero-order valence-electron chi connectivity index (χ0n) is 16.3. The summed E-state index contributed by atoms with van der Waals surface area (Å²) in [6.07, 6.45) is 3.37. The van der Waals surface area contributed by atoms with E-state index in [-0.39, 0.29) is 18.0 Å². The van der Waals surface area contributed by atoms with E-state index in [4.69, 9.17) is 0 Å². The lowest BCUT2D eigenvalue weighted by Crippen LogP contribution is -2.39. The van der Waals surface area contributed by atoms with Crippen LogP contribution in [0, 0.1) is 0 Å². The fraction of sp³-hybridized carbons (Fsp3) is 0.238. The Kier molecular flexibility index (Phi) is 6.91. The molecule has 0 aliphatic rings. The molecule has 8 heteroatoms. The van der Waals surface area contributed by atoms with Gasteiger partial charge in [-0.1, -0.05) is 18.2 Å². The Hall–Kier alpha value is -3.26. The van der Waals surface area contributed by atoms with Gasteiger partial charge in [-0.05, 0) is 43.7 Å². The summed E-state index contributed by atoms with van der Waals surface area (Å²) >= 11 is 1.37. The van der Waals surface area contributed by atoms with E-state index in [2.05, 4.69) is 20.6 Å². The van der Waals surface area contributed by atoms with Crippen molar-refractivity contribution in [3.63, 3.8) is 0 Å². The summed E-state index contributed by atoms with van der Waals surface area (Å²) < 4.78 is 0. The van der Waals surface area contributed by atoms with Gasteiger partial charge in [0.25, 0.3) is 5.91 Å². The molecule has 0 aliphatic carbocycles. The molecule has 0 aliphatic heterocycles. The van der Waals surface area contributed by atoms with Crippen LogP contribution in [0.3, 0.4) is 0 Å². The highest BCUT2D eigenvalue weighted by atomic mass is 32.1. The van der Waals surface area contributed by atoms with Crippen molar-refractivity contribution in [2.24, 2.45) is 0 Å². The molecule has 2 aromatic heterocycles. The minimum absolute atomic E-state index is 0.0217. The number of carbonyl (C=O) groups excluding carboxylic acids is 2. The van der Waals surface area contributed by atoms with Crippen LogP contribution in [0.25, 0.3) is 0 Å². The molecule has 0 atom stereocenters. The number of rotatable bonds is 7. The van der Waals surface area contributed by atoms with Crippen LogP contribution in [-0.4, -0.2) is 32.8 Å². The number of carbonyl (C=O) groups is 2. The number of aromatic nitrogens is 2. The van der Waals surface area contributed by atoms with E-state index < -0.39 is 0 Å². The lowest BCUT2D eigenvalue weighted by atomic mass is 10.2. The molecule has 0 saturated heterocycles. The summed E-state index contributed by atoms with van der Waals surface area (Å²) in [7, 11) is 0. The number of nitrogens with one attached hydrogen (secondary N) is 2. The maximum Gasteiger partial charge on any atom is 0.322 e. The van der Waals surface area contributed by atoms with E-state index >= 15 is 0 Å². The number of urea groups is 1. The molecule has 7 nitrogen and oxygen atoms in total. The van der Waals surface area contributed by atoms with Crippen LogP contribution >= 0.6 is 11.3 Å². The molecule has 0 bridgehead atoms. The molecule has 29 heavy (non-hydrogen) atoms. The van der Waals surface area contributed by atoms with Gasteiger partial charge in [0, 0.05) is 36.0 Å². The fourth-order valence-corrected chi connectivity index (χ4v) is 3.38. The molecular weight excluding hydrogens is 386 g/mol. The van der Waals surface area contributed by atoms with Gasteiger partial charge in [-0.2, -0.15) is 0 Å². The summed E-state index contributed by atoms with van der Waals surface area (Å²) in [6.45, 7) is 4.63. The fourth-order valence-electron chi connectivity index (χ4n) is 2.61. The van der Waals surface area contributed by atoms with Crippen molar-refractivity contribution in [3.8, 4) is 0 Å². The van der Waals surface area contributed by atoms with Crippen molar-refractivity contribution < 1.29 is 9.59 Å². The molecule has 2 N–H and O–H groups in total. The summed E-state index contributed by atoms with van der Waals surface area (Å²) in [5, 5.41) is 8.15. The van der Waals surface area contributed by atoms with Gasteiger partial charge in [0.1, 0.15) is 10.7 Å². The Bertz CT molecular complexity index is 944. The minimum atomic E-state index is -0.242. The van der Waals surface area contributed by atoms with Crippen LogP contribution in [-0.2, 0) is 13.1 Å². The second-order valence-electron chi connectivity index (χ2n) is 6.68. The highest BCUT2D eigenvalue weighted by Crippen LogP contribution is 2.16. The normalized spacial score (nSPS) is 10.6. The van der Waals surface area contributed by atoms with Crippen molar-refractivity contribution in [3.05, 3.63) is 76.5 Å². The Labute approximate surface area is 173 Å². The van der Waals surface area contributed by atoms with Gasteiger partial charge in [0.05, 0.1) is 6.54 Å². The summed E-state index contributed by atoms with van der Waals surface area (Å²) in [4.78, 5) is 35.1. The summed E-state index contributed by atoms with van der Waals surface area (Å²) in [5.74, 6) is -0.242. The number of benzene rings is 1. The molecule has 2 heterocycles. The first-order chi connectivity index (χ1) is 14.0. The smallest absolute Gasteiger partial charge is 0.322 e. The van der Waals surface area contributed by atoms with Gasteiger partial charge in [-0.25, -0.2) is 9.78 Å². The predicted octanol–water partition coefficient (Wildman–Crippen LogP) is 3.91. The van der Waals surface area contributed by atoms with Gasteiger partial charge >= 0.3 is 6.03 Å². The molecular formula is C21H23N5O2S. The van der Waals surface area contributed by atoms with Crippen molar-refractivity contribution >= 4 is 29.0 Å². The van der Waals surface area contributed by atoms with Gasteiger partial charge in [0.2, 0.25) is 0 Å². The molecule has 150 valence electrons. The first-order valence-corrected chi connectivity index (χ1v) is 10.1. The Morgan fingerprint density at radius 2 is 1.83 bits per heavy atom. The number of hydrogen-bond acceptors (Lipinski definition) is 5. The van der Waals surface area contributed by atoms with Crippen LogP contribution in [0.1, 0.15) is 34.9 Å². The van der Waals surface area contributed by atoms with Gasteiger partial charge in [0.15, 0.2) is 0 Å². The molecule has 0 saturated carbocycles. The van der Waals surface area contributed by atoms with E-state index in [1.165, 1.54) is 11.3 Å². The maximum atomic E-state index is 12.7. The molecule has 3 amide bonds. The number of nitrogens with zero attached hydrogens (tertiary/aromatic N) is 3. The van der Waals surface area contributed by atoms with Crippen molar-refractivity contribution in [2.75, 3.05) is 5.32 Å². The van der Waals surface area contributed by atoms with Crippen LogP contribution in [0.4, 0.5) is 10.5 Å². The van der Waals surface area contributed by atoms with Crippen LogP contribution < -0.4 is 10.6 Å². The zero-order valence-corrected chi connectivity index (χ0v) is 17.1. The molecule has 3 aromatic rings. The number of hydrogen-bond donors (Lipinski definition) is 2. The maximum absolute atomic E-state index is 12.7. The largest absolute Gasteiger partial charge is 0.347 e. The Morgan fingerprint density at radius 1 is 1.10 bits per heavy atom. The van der Waals surface area contributed by atoms with Gasteiger partial charge in [-0.3, -0.25) is 9.78 Å². The van der Waals surface area contributed by atoms with E-state index in [1.807, 2.05) is 56.3 Å². The van der Waals surface area contributed by atoms with Crippen molar-refractivity contribution in [1.82, 2.24) is 20.2 Å². The second-order valence-corrected chi connectivity index (χ2v) is 7.63. The first kappa shape index (κ1) is 20.5. The van der Waals surface area contributed by atoms with E-state index in [9.17, 15) is 9.59 Å². The predicted molar refractivity (Wildman–Crippen MR) is 114 cm³/mol. The van der Waals surface area contributed by atoms with Crippen LogP contribution in [0.5, 0.6) is 0 Å². The highest BCUT2D eigenvalue weighted by molar-refractivity contribution is 7.09. The molecule has 0 radical (unpaired) electrons. The topological polar surface area (TPSA) is 87.2 Å². The molecule has 1 aromatic carbocycles. The van der Waals surface area contributed by atoms with E-state index in [1.54, 1.807) is 22.7 Å². The second kappa shape index (κ2) is 9.79.